The average Bonchev–Trinajstić information content (AvgIpc) is 3.66. The number of fused-ring (bicyclic) bond motifs is 1. The zero-order valence-corrected chi connectivity index (χ0v) is 25.2. The molecule has 228 valence electrons. The van der Waals surface area contributed by atoms with Crippen LogP contribution in [0.2, 0.25) is 0 Å². The number of anilines is 2. The van der Waals surface area contributed by atoms with Gasteiger partial charge in [-0.2, -0.15) is 0 Å². The summed E-state index contributed by atoms with van der Waals surface area (Å²) in [5.41, 5.74) is 4.65. The van der Waals surface area contributed by atoms with Crippen LogP contribution < -0.4 is 15.5 Å². The average molecular weight is 595 g/mol. The Labute approximate surface area is 258 Å². The Morgan fingerprint density at radius 3 is 2.48 bits per heavy atom. The minimum absolute atomic E-state index is 0.0336. The fourth-order valence-corrected chi connectivity index (χ4v) is 6.81. The summed E-state index contributed by atoms with van der Waals surface area (Å²) in [5, 5.41) is 5.93. The van der Waals surface area contributed by atoms with Crippen LogP contribution in [0.5, 0.6) is 0 Å². The molecule has 2 aliphatic heterocycles. The van der Waals surface area contributed by atoms with Crippen LogP contribution in [0.4, 0.5) is 15.8 Å². The number of benzene rings is 3. The highest BCUT2D eigenvalue weighted by Gasteiger charge is 2.39. The molecule has 3 amide bonds. The number of rotatable bonds is 7. The SMILES string of the molecule is Cc1ccc(F)cc1C(=O)Nc1ccc(C(=O)N2CCC3(C=C(C(=O)NCCN4CCCC4)CC3)Cc3ccccc32)cc1. The maximum absolute atomic E-state index is 13.9. The summed E-state index contributed by atoms with van der Waals surface area (Å²) in [6.07, 6.45) is 7.83. The van der Waals surface area contributed by atoms with Crippen molar-refractivity contribution in [3.05, 3.63) is 106 Å². The summed E-state index contributed by atoms with van der Waals surface area (Å²) >= 11 is 0. The van der Waals surface area contributed by atoms with E-state index in [-0.39, 0.29) is 22.8 Å². The lowest BCUT2D eigenvalue weighted by molar-refractivity contribution is -0.117. The largest absolute Gasteiger partial charge is 0.351 e. The topological polar surface area (TPSA) is 81.8 Å². The molecule has 6 rings (SSSR count). The van der Waals surface area contributed by atoms with Crippen molar-refractivity contribution in [3.8, 4) is 0 Å². The lowest BCUT2D eigenvalue weighted by atomic mass is 9.79. The van der Waals surface area contributed by atoms with E-state index in [0.29, 0.717) is 29.9 Å². The van der Waals surface area contributed by atoms with Crippen molar-refractivity contribution >= 4 is 29.1 Å². The molecule has 7 nitrogen and oxygen atoms in total. The molecule has 1 spiro atoms. The molecule has 0 aromatic heterocycles. The monoisotopic (exact) mass is 594 g/mol. The van der Waals surface area contributed by atoms with E-state index >= 15 is 0 Å². The Balaban J connectivity index is 1.14. The molecule has 8 heteroatoms. The van der Waals surface area contributed by atoms with Crippen molar-refractivity contribution in [1.82, 2.24) is 10.2 Å². The number of aryl methyl sites for hydroxylation is 1. The first-order valence-corrected chi connectivity index (χ1v) is 15.6. The summed E-state index contributed by atoms with van der Waals surface area (Å²) < 4.78 is 13.7. The molecule has 3 aliphatic rings. The minimum atomic E-state index is -0.471. The third-order valence-corrected chi connectivity index (χ3v) is 9.31. The second-order valence-electron chi connectivity index (χ2n) is 12.3. The first-order chi connectivity index (χ1) is 21.3. The van der Waals surface area contributed by atoms with E-state index in [1.165, 1.54) is 25.0 Å². The quantitative estimate of drug-likeness (QED) is 0.357. The highest BCUT2D eigenvalue weighted by atomic mass is 19.1. The Bertz CT molecular complexity index is 1600. The first-order valence-electron chi connectivity index (χ1n) is 15.6. The van der Waals surface area contributed by atoms with Gasteiger partial charge in [0.05, 0.1) is 0 Å². The standard InChI is InChI=1S/C36H39FN4O3/c1-25-8-11-29(37)22-31(25)34(43)39-30-12-9-26(10-13-30)35(44)41-20-16-36(23-27-6-2-3-7-32(27)41)15-14-28(24-36)33(42)38-17-21-40-18-4-5-19-40/h2-3,6-13,22,24H,4-5,14-21,23H2,1H3,(H,38,42)(H,39,43). The van der Waals surface area contributed by atoms with Crippen LogP contribution in [0.3, 0.4) is 0 Å². The molecule has 1 unspecified atom stereocenters. The van der Waals surface area contributed by atoms with Crippen molar-refractivity contribution in [2.24, 2.45) is 5.41 Å². The summed E-state index contributed by atoms with van der Waals surface area (Å²) in [6.45, 7) is 6.09. The molecule has 3 aromatic rings. The van der Waals surface area contributed by atoms with Gasteiger partial charge in [-0.1, -0.05) is 30.3 Å². The number of likely N-dealkylation sites (tertiary alicyclic amines) is 1. The van der Waals surface area contributed by atoms with Gasteiger partial charge in [-0.05, 0) is 118 Å². The molecule has 1 fully saturated rings. The number of carbonyl (C=O) groups is 3. The van der Waals surface area contributed by atoms with E-state index < -0.39 is 11.7 Å². The lowest BCUT2D eigenvalue weighted by Crippen LogP contribution is -2.34. The maximum atomic E-state index is 13.9. The maximum Gasteiger partial charge on any atom is 0.258 e. The minimum Gasteiger partial charge on any atom is -0.351 e. The van der Waals surface area contributed by atoms with Crippen molar-refractivity contribution in [1.29, 1.82) is 0 Å². The number of halogens is 1. The lowest BCUT2D eigenvalue weighted by Gasteiger charge is -2.26. The fraction of sp³-hybridized carbons (Fsp3) is 0.361. The first kappa shape index (κ1) is 29.8. The van der Waals surface area contributed by atoms with Gasteiger partial charge in [-0.3, -0.25) is 14.4 Å². The number of hydrogen-bond acceptors (Lipinski definition) is 4. The van der Waals surface area contributed by atoms with Crippen LogP contribution in [-0.4, -0.2) is 55.3 Å². The van der Waals surface area contributed by atoms with Crippen LogP contribution in [0.15, 0.2) is 78.4 Å². The van der Waals surface area contributed by atoms with Crippen LogP contribution in [0.1, 0.15) is 63.9 Å². The smallest absolute Gasteiger partial charge is 0.258 e. The van der Waals surface area contributed by atoms with Gasteiger partial charge in [0.25, 0.3) is 11.8 Å². The molecule has 2 heterocycles. The van der Waals surface area contributed by atoms with Gasteiger partial charge in [0.1, 0.15) is 5.82 Å². The molecule has 3 aromatic carbocycles. The summed E-state index contributed by atoms with van der Waals surface area (Å²) in [6, 6.07) is 18.9. The highest BCUT2D eigenvalue weighted by molar-refractivity contribution is 6.08. The van der Waals surface area contributed by atoms with E-state index in [1.54, 1.807) is 37.3 Å². The number of hydrogen-bond donors (Lipinski definition) is 2. The van der Waals surface area contributed by atoms with Gasteiger partial charge < -0.3 is 20.4 Å². The normalized spacial score (nSPS) is 19.8. The zero-order chi connectivity index (χ0) is 30.7. The second-order valence-corrected chi connectivity index (χ2v) is 12.3. The number of allylic oxidation sites excluding steroid dienone is 1. The number of nitrogens with zero attached hydrogens (tertiary/aromatic N) is 2. The predicted molar refractivity (Wildman–Crippen MR) is 170 cm³/mol. The van der Waals surface area contributed by atoms with E-state index in [1.807, 2.05) is 23.1 Å². The zero-order valence-electron chi connectivity index (χ0n) is 25.2. The van der Waals surface area contributed by atoms with Gasteiger partial charge in [-0.15, -0.1) is 0 Å². The molecular formula is C36H39FN4O3. The number of amides is 3. The number of para-hydroxylation sites is 1. The summed E-state index contributed by atoms with van der Waals surface area (Å²) in [4.78, 5) is 43.9. The van der Waals surface area contributed by atoms with Gasteiger partial charge in [0.2, 0.25) is 5.91 Å². The number of carbonyl (C=O) groups excluding carboxylic acids is 3. The van der Waals surface area contributed by atoms with Crippen molar-refractivity contribution in [3.63, 3.8) is 0 Å². The Morgan fingerprint density at radius 1 is 0.909 bits per heavy atom. The molecule has 0 saturated carbocycles. The van der Waals surface area contributed by atoms with Gasteiger partial charge in [-0.25, -0.2) is 4.39 Å². The van der Waals surface area contributed by atoms with Crippen LogP contribution >= 0.6 is 0 Å². The van der Waals surface area contributed by atoms with Crippen LogP contribution in [-0.2, 0) is 11.2 Å². The van der Waals surface area contributed by atoms with E-state index in [2.05, 4.69) is 27.7 Å². The van der Waals surface area contributed by atoms with E-state index in [0.717, 1.165) is 62.1 Å². The van der Waals surface area contributed by atoms with E-state index in [4.69, 9.17) is 0 Å². The Morgan fingerprint density at radius 2 is 1.68 bits per heavy atom. The molecule has 0 bridgehead atoms. The second kappa shape index (κ2) is 12.7. The van der Waals surface area contributed by atoms with Crippen molar-refractivity contribution in [2.75, 3.05) is 42.9 Å². The van der Waals surface area contributed by atoms with Crippen molar-refractivity contribution < 1.29 is 18.8 Å². The third-order valence-electron chi connectivity index (χ3n) is 9.31. The summed E-state index contributed by atoms with van der Waals surface area (Å²) in [5.74, 6) is -0.958. The molecular weight excluding hydrogens is 555 g/mol. The van der Waals surface area contributed by atoms with Crippen LogP contribution in [0.25, 0.3) is 0 Å². The molecule has 0 radical (unpaired) electrons. The molecule has 1 aliphatic carbocycles. The van der Waals surface area contributed by atoms with Crippen molar-refractivity contribution in [2.45, 2.75) is 45.4 Å². The number of nitrogens with one attached hydrogen (secondary N) is 2. The van der Waals surface area contributed by atoms with Gasteiger partial charge in [0.15, 0.2) is 0 Å². The third kappa shape index (κ3) is 6.45. The molecule has 44 heavy (non-hydrogen) atoms. The Hall–Kier alpha value is -4.30. The molecule has 1 saturated heterocycles. The van der Waals surface area contributed by atoms with E-state index in [9.17, 15) is 18.8 Å². The van der Waals surface area contributed by atoms with Gasteiger partial charge in [0, 0.05) is 47.7 Å². The van der Waals surface area contributed by atoms with Crippen LogP contribution in [0, 0.1) is 18.2 Å². The molecule has 2 N–H and O–H groups in total. The highest BCUT2D eigenvalue weighted by Crippen LogP contribution is 2.46. The predicted octanol–water partition coefficient (Wildman–Crippen LogP) is 5.90. The fourth-order valence-electron chi connectivity index (χ4n) is 6.81. The summed E-state index contributed by atoms with van der Waals surface area (Å²) in [7, 11) is 0. The molecule has 1 atom stereocenters. The van der Waals surface area contributed by atoms with Gasteiger partial charge >= 0.3 is 0 Å². The Kier molecular flexibility index (Phi) is 8.62.